The maximum Gasteiger partial charge on any atom is 0.257 e. The lowest BCUT2D eigenvalue weighted by molar-refractivity contribution is 0.0429. The van der Waals surface area contributed by atoms with Gasteiger partial charge in [-0.15, -0.1) is 0 Å². The van der Waals surface area contributed by atoms with Crippen LogP contribution in [0.3, 0.4) is 0 Å². The minimum Gasteiger partial charge on any atom is -0.503 e. The van der Waals surface area contributed by atoms with Crippen LogP contribution in [0.15, 0.2) is 35.3 Å². The summed E-state index contributed by atoms with van der Waals surface area (Å²) in [6.45, 7) is 6.45. The van der Waals surface area contributed by atoms with E-state index in [-0.39, 0.29) is 23.2 Å². The van der Waals surface area contributed by atoms with Gasteiger partial charge in [-0.3, -0.25) is 9.59 Å². The van der Waals surface area contributed by atoms with Gasteiger partial charge in [0, 0.05) is 18.1 Å². The van der Waals surface area contributed by atoms with E-state index >= 15 is 0 Å². The van der Waals surface area contributed by atoms with Crippen molar-refractivity contribution in [1.82, 2.24) is 9.88 Å². The normalized spacial score (nSPS) is 12.0. The molecule has 6 nitrogen and oxygen atoms in total. The molecule has 1 atom stereocenters. The summed E-state index contributed by atoms with van der Waals surface area (Å²) in [6, 6.07) is 5.24. The summed E-state index contributed by atoms with van der Waals surface area (Å²) in [5.74, 6) is -1.59. The standard InChI is InChI=1S/C22H27FN2O4S/c1-4-17(5-2)29-11-10-25-12-18(20(26)21(27)19(25)13-30)22(28)24-14(3)15-6-8-16(23)9-7-15/h6-9,12-14,17,27H,4-5,10-11H2,1-3H3,(H,24,28)/t14-/m0/s1. The van der Waals surface area contributed by atoms with Crippen molar-refractivity contribution in [3.63, 3.8) is 0 Å². The molecule has 1 heterocycles. The fourth-order valence-corrected chi connectivity index (χ4v) is 3.33. The van der Waals surface area contributed by atoms with E-state index in [9.17, 15) is 19.1 Å². The molecular formula is C22H27FN2O4S. The maximum absolute atomic E-state index is 13.1. The Balaban J connectivity index is 2.24. The summed E-state index contributed by atoms with van der Waals surface area (Å²) < 4.78 is 20.4. The van der Waals surface area contributed by atoms with Gasteiger partial charge in [0.2, 0.25) is 5.43 Å². The van der Waals surface area contributed by atoms with E-state index in [1.165, 1.54) is 23.7 Å². The third-order valence-corrected chi connectivity index (χ3v) is 5.19. The molecule has 1 amide bonds. The fraction of sp³-hybridized carbons (Fsp3) is 0.409. The summed E-state index contributed by atoms with van der Waals surface area (Å²) in [5.41, 5.74) is -0.161. The predicted octanol–water partition coefficient (Wildman–Crippen LogP) is 3.74. The highest BCUT2D eigenvalue weighted by Gasteiger charge is 2.20. The zero-order valence-electron chi connectivity index (χ0n) is 17.4. The van der Waals surface area contributed by atoms with E-state index in [1.807, 2.05) is 13.8 Å². The monoisotopic (exact) mass is 434 g/mol. The van der Waals surface area contributed by atoms with E-state index in [0.29, 0.717) is 18.7 Å². The first-order valence-electron chi connectivity index (χ1n) is 9.91. The first kappa shape index (κ1) is 23.7. The van der Waals surface area contributed by atoms with Crippen molar-refractivity contribution < 1.29 is 19.0 Å². The molecule has 30 heavy (non-hydrogen) atoms. The second-order valence-corrected chi connectivity index (χ2v) is 7.21. The number of thiocarbonyl (C=S) groups is 1. The van der Waals surface area contributed by atoms with Crippen LogP contribution in [0.1, 0.15) is 61.3 Å². The third kappa shape index (κ3) is 5.73. The van der Waals surface area contributed by atoms with E-state index in [2.05, 4.69) is 5.32 Å². The summed E-state index contributed by atoms with van der Waals surface area (Å²) in [4.78, 5) is 25.2. The van der Waals surface area contributed by atoms with Crippen LogP contribution in [0.25, 0.3) is 0 Å². The molecule has 0 bridgehead atoms. The van der Waals surface area contributed by atoms with Crippen LogP contribution in [0, 0.1) is 5.82 Å². The lowest BCUT2D eigenvalue weighted by Crippen LogP contribution is -2.32. The summed E-state index contributed by atoms with van der Waals surface area (Å²) >= 11 is 4.94. The molecule has 2 N–H and O–H groups in total. The minimum absolute atomic E-state index is 0.119. The number of ether oxygens (including phenoxy) is 1. The minimum atomic E-state index is -0.799. The van der Waals surface area contributed by atoms with Crippen LogP contribution in [-0.4, -0.2) is 33.7 Å². The van der Waals surface area contributed by atoms with Crippen molar-refractivity contribution in [3.8, 4) is 5.75 Å². The highest BCUT2D eigenvalue weighted by molar-refractivity contribution is 7.79. The second-order valence-electron chi connectivity index (χ2n) is 6.97. The van der Waals surface area contributed by atoms with Crippen molar-refractivity contribution in [3.05, 3.63) is 63.3 Å². The number of hydrogen-bond donors (Lipinski definition) is 2. The van der Waals surface area contributed by atoms with E-state index in [0.717, 1.165) is 12.8 Å². The molecule has 0 aliphatic carbocycles. The number of nitrogens with zero attached hydrogens (tertiary/aromatic N) is 1. The Bertz CT molecular complexity index is 939. The fourth-order valence-electron chi connectivity index (χ4n) is 3.09. The number of rotatable bonds is 10. The van der Waals surface area contributed by atoms with Crippen LogP contribution < -0.4 is 10.7 Å². The van der Waals surface area contributed by atoms with Gasteiger partial charge in [-0.2, -0.15) is 0 Å². The molecule has 0 saturated heterocycles. The average molecular weight is 435 g/mol. The molecule has 1 aromatic carbocycles. The largest absolute Gasteiger partial charge is 0.503 e. The van der Waals surface area contributed by atoms with Crippen LogP contribution >= 0.6 is 12.2 Å². The third-order valence-electron chi connectivity index (χ3n) is 4.97. The molecule has 0 spiro atoms. The van der Waals surface area contributed by atoms with Crippen LogP contribution in [0.2, 0.25) is 0 Å². The van der Waals surface area contributed by atoms with Crippen molar-refractivity contribution in [2.45, 2.75) is 52.3 Å². The van der Waals surface area contributed by atoms with Gasteiger partial charge in [0.05, 0.1) is 24.4 Å². The highest BCUT2D eigenvalue weighted by atomic mass is 32.1. The zero-order chi connectivity index (χ0) is 22.3. The molecular weight excluding hydrogens is 407 g/mol. The van der Waals surface area contributed by atoms with Gasteiger partial charge < -0.3 is 19.7 Å². The molecule has 0 radical (unpaired) electrons. The Morgan fingerprint density at radius 2 is 1.93 bits per heavy atom. The van der Waals surface area contributed by atoms with Crippen molar-refractivity contribution in [2.24, 2.45) is 0 Å². The van der Waals surface area contributed by atoms with Gasteiger partial charge in [-0.25, -0.2) is 4.39 Å². The quantitative estimate of drug-likeness (QED) is 0.557. The zero-order valence-corrected chi connectivity index (χ0v) is 18.2. The number of aromatic hydroxyl groups is 1. The molecule has 0 saturated carbocycles. The number of halogens is 1. The topological polar surface area (TPSA) is 80.6 Å². The van der Waals surface area contributed by atoms with Gasteiger partial charge >= 0.3 is 0 Å². The molecule has 0 aliphatic rings. The summed E-state index contributed by atoms with van der Waals surface area (Å²) in [6.07, 6.45) is 3.25. The first-order valence-corrected chi connectivity index (χ1v) is 10.4. The summed E-state index contributed by atoms with van der Waals surface area (Å²) in [5, 5.41) is 14.2. The van der Waals surface area contributed by atoms with Gasteiger partial charge in [0.15, 0.2) is 5.75 Å². The lowest BCUT2D eigenvalue weighted by atomic mass is 10.1. The number of amides is 1. The van der Waals surface area contributed by atoms with Crippen molar-refractivity contribution in [1.29, 1.82) is 0 Å². The van der Waals surface area contributed by atoms with E-state index in [4.69, 9.17) is 17.0 Å². The Morgan fingerprint density at radius 1 is 1.30 bits per heavy atom. The van der Waals surface area contributed by atoms with E-state index < -0.39 is 23.1 Å². The Labute approximate surface area is 180 Å². The number of carbonyl (C=O) groups excluding carboxylic acids is 1. The molecule has 162 valence electrons. The maximum atomic E-state index is 13.1. The number of hydrogen-bond acceptors (Lipinski definition) is 5. The average Bonchev–Trinajstić information content (AvgIpc) is 2.74. The molecule has 0 aliphatic heterocycles. The van der Waals surface area contributed by atoms with Gasteiger partial charge in [-0.05, 0) is 37.5 Å². The Kier molecular flexibility index (Phi) is 8.68. The molecule has 1 aromatic heterocycles. The van der Waals surface area contributed by atoms with Crippen molar-refractivity contribution >= 4 is 23.5 Å². The first-order chi connectivity index (χ1) is 14.3. The molecule has 2 rings (SSSR count). The summed E-state index contributed by atoms with van der Waals surface area (Å²) in [7, 11) is 0. The highest BCUT2D eigenvalue weighted by Crippen LogP contribution is 2.16. The lowest BCUT2D eigenvalue weighted by Gasteiger charge is -2.18. The molecule has 0 unspecified atom stereocenters. The number of pyridine rings is 1. The van der Waals surface area contributed by atoms with E-state index in [1.54, 1.807) is 23.6 Å². The van der Waals surface area contributed by atoms with Crippen molar-refractivity contribution in [2.75, 3.05) is 6.61 Å². The number of aromatic nitrogens is 1. The SMILES string of the molecule is CCC(CC)OCCn1cc(C(=O)N[C@@H](C)c2ccc(F)cc2)c(=O)c(O)c1C=S. The Hall–Kier alpha value is -2.58. The Morgan fingerprint density at radius 3 is 2.50 bits per heavy atom. The predicted molar refractivity (Wildman–Crippen MR) is 118 cm³/mol. The van der Waals surface area contributed by atoms with Gasteiger partial charge in [0.1, 0.15) is 11.4 Å². The van der Waals surface area contributed by atoms with Gasteiger partial charge in [-0.1, -0.05) is 38.2 Å². The van der Waals surface area contributed by atoms with Crippen LogP contribution in [0.4, 0.5) is 4.39 Å². The van der Waals surface area contributed by atoms with Crippen LogP contribution in [-0.2, 0) is 11.3 Å². The molecule has 2 aromatic rings. The van der Waals surface area contributed by atoms with Gasteiger partial charge in [0.25, 0.3) is 5.91 Å². The number of nitrogens with one attached hydrogen (secondary N) is 1. The number of carbonyl (C=O) groups is 1. The number of benzene rings is 1. The second kappa shape index (κ2) is 11.0. The molecule has 8 heteroatoms. The molecule has 0 fully saturated rings. The smallest absolute Gasteiger partial charge is 0.257 e. The van der Waals surface area contributed by atoms with Crippen LogP contribution in [0.5, 0.6) is 5.75 Å².